The van der Waals surface area contributed by atoms with Gasteiger partial charge in [-0.2, -0.15) is 0 Å². The first-order valence-electron chi connectivity index (χ1n) is 11.9. The average Bonchev–Trinajstić information content (AvgIpc) is 3.33. The van der Waals surface area contributed by atoms with Crippen LogP contribution in [0.2, 0.25) is 0 Å². The molecular formula is C27H29N5O2S. The van der Waals surface area contributed by atoms with Crippen molar-refractivity contribution in [1.29, 1.82) is 0 Å². The molecule has 1 amide bonds. The van der Waals surface area contributed by atoms with E-state index >= 15 is 0 Å². The van der Waals surface area contributed by atoms with Gasteiger partial charge in [0.2, 0.25) is 5.91 Å². The Kier molecular flexibility index (Phi) is 7.32. The molecule has 2 N–H and O–H groups in total. The smallest absolute Gasteiger partial charge is 0.242 e. The van der Waals surface area contributed by atoms with E-state index in [-0.39, 0.29) is 5.91 Å². The van der Waals surface area contributed by atoms with Crippen LogP contribution < -0.4 is 10.6 Å². The highest BCUT2D eigenvalue weighted by atomic mass is 32.1. The quantitative estimate of drug-likeness (QED) is 0.386. The number of morpholine rings is 1. The van der Waals surface area contributed by atoms with E-state index in [1.807, 2.05) is 55.5 Å². The zero-order valence-electron chi connectivity index (χ0n) is 19.7. The van der Waals surface area contributed by atoms with Gasteiger partial charge in [-0.05, 0) is 18.1 Å². The molecule has 1 aliphatic heterocycles. The average molecular weight is 488 g/mol. The summed E-state index contributed by atoms with van der Waals surface area (Å²) in [6, 6.07) is 19.7. The van der Waals surface area contributed by atoms with E-state index in [1.54, 1.807) is 11.3 Å². The number of rotatable bonds is 8. The number of ether oxygens (including phenoxy) is 1. The molecule has 7 nitrogen and oxygen atoms in total. The SMILES string of the molecule is CC(Nc1nc(CN2CCOCC2)nc2scc(-c3ccccc3)c12)C(=O)NCc1ccccc1. The predicted molar refractivity (Wildman–Crippen MR) is 140 cm³/mol. The number of fused-ring (bicyclic) bond motifs is 1. The molecule has 5 rings (SSSR count). The minimum Gasteiger partial charge on any atom is -0.379 e. The summed E-state index contributed by atoms with van der Waals surface area (Å²) < 4.78 is 5.48. The molecule has 4 aromatic rings. The normalized spacial score (nSPS) is 15.1. The molecule has 0 aliphatic carbocycles. The second kappa shape index (κ2) is 10.9. The van der Waals surface area contributed by atoms with Crippen molar-refractivity contribution in [3.8, 4) is 11.1 Å². The van der Waals surface area contributed by atoms with Crippen molar-refractivity contribution >= 4 is 33.3 Å². The number of aromatic nitrogens is 2. The molecule has 2 aromatic heterocycles. The van der Waals surface area contributed by atoms with Crippen molar-refractivity contribution < 1.29 is 9.53 Å². The third-order valence-corrected chi connectivity index (χ3v) is 6.96. The van der Waals surface area contributed by atoms with Crippen LogP contribution in [0.15, 0.2) is 66.0 Å². The number of nitrogens with one attached hydrogen (secondary N) is 2. The fourth-order valence-corrected chi connectivity index (χ4v) is 5.13. The molecular weight excluding hydrogens is 458 g/mol. The Morgan fingerprint density at radius 2 is 1.77 bits per heavy atom. The van der Waals surface area contributed by atoms with E-state index in [0.29, 0.717) is 18.9 Å². The summed E-state index contributed by atoms with van der Waals surface area (Å²) >= 11 is 1.61. The van der Waals surface area contributed by atoms with Crippen LogP contribution in [0.5, 0.6) is 0 Å². The molecule has 0 saturated carbocycles. The molecule has 35 heavy (non-hydrogen) atoms. The van der Waals surface area contributed by atoms with E-state index in [1.165, 1.54) is 0 Å². The molecule has 2 aromatic carbocycles. The summed E-state index contributed by atoms with van der Waals surface area (Å²) in [5, 5.41) is 9.50. The lowest BCUT2D eigenvalue weighted by atomic mass is 10.1. The van der Waals surface area contributed by atoms with Crippen LogP contribution in [-0.4, -0.2) is 53.1 Å². The van der Waals surface area contributed by atoms with Gasteiger partial charge in [0.15, 0.2) is 0 Å². The maximum atomic E-state index is 12.9. The standard InChI is InChI=1S/C27H29N5O2S/c1-19(26(33)28-16-20-8-4-2-5-9-20)29-25-24-22(21-10-6-3-7-11-21)18-35-27(24)31-23(30-25)17-32-12-14-34-15-13-32/h2-11,18-19H,12-17H2,1H3,(H,28,33)(H,29,30,31). The van der Waals surface area contributed by atoms with Crippen molar-refractivity contribution in [1.82, 2.24) is 20.2 Å². The topological polar surface area (TPSA) is 79.4 Å². The van der Waals surface area contributed by atoms with Crippen LogP contribution in [0, 0.1) is 0 Å². The summed E-state index contributed by atoms with van der Waals surface area (Å²) in [7, 11) is 0. The van der Waals surface area contributed by atoms with Gasteiger partial charge >= 0.3 is 0 Å². The summed E-state index contributed by atoms with van der Waals surface area (Å²) in [5.41, 5.74) is 3.24. The molecule has 180 valence electrons. The van der Waals surface area contributed by atoms with Crippen LogP contribution in [-0.2, 0) is 22.6 Å². The minimum atomic E-state index is -0.462. The van der Waals surface area contributed by atoms with Gasteiger partial charge in [0.1, 0.15) is 22.5 Å². The highest BCUT2D eigenvalue weighted by Gasteiger charge is 2.21. The van der Waals surface area contributed by atoms with Gasteiger partial charge in [-0.1, -0.05) is 60.7 Å². The zero-order chi connectivity index (χ0) is 24.0. The first-order valence-corrected chi connectivity index (χ1v) is 12.8. The first-order chi connectivity index (χ1) is 17.2. The fourth-order valence-electron chi connectivity index (χ4n) is 4.16. The highest BCUT2D eigenvalue weighted by Crippen LogP contribution is 2.37. The molecule has 3 heterocycles. The molecule has 1 unspecified atom stereocenters. The molecule has 1 saturated heterocycles. The first kappa shape index (κ1) is 23.4. The number of hydrogen-bond donors (Lipinski definition) is 2. The second-order valence-electron chi connectivity index (χ2n) is 8.64. The van der Waals surface area contributed by atoms with Crippen LogP contribution in [0.3, 0.4) is 0 Å². The molecule has 0 radical (unpaired) electrons. The molecule has 1 aliphatic rings. The minimum absolute atomic E-state index is 0.0770. The number of amides is 1. The van der Waals surface area contributed by atoms with Crippen molar-refractivity contribution in [2.24, 2.45) is 0 Å². The van der Waals surface area contributed by atoms with Gasteiger partial charge in [-0.3, -0.25) is 9.69 Å². The monoisotopic (exact) mass is 487 g/mol. The fraction of sp³-hybridized carbons (Fsp3) is 0.296. The maximum Gasteiger partial charge on any atom is 0.242 e. The highest BCUT2D eigenvalue weighted by molar-refractivity contribution is 7.17. The van der Waals surface area contributed by atoms with Crippen LogP contribution in [0.4, 0.5) is 5.82 Å². The van der Waals surface area contributed by atoms with Gasteiger partial charge in [-0.15, -0.1) is 11.3 Å². The van der Waals surface area contributed by atoms with Crippen LogP contribution in [0.1, 0.15) is 18.3 Å². The van der Waals surface area contributed by atoms with Crippen molar-refractivity contribution in [3.63, 3.8) is 0 Å². The lowest BCUT2D eigenvalue weighted by Crippen LogP contribution is -2.38. The van der Waals surface area contributed by atoms with Gasteiger partial charge in [0.05, 0.1) is 25.1 Å². The third-order valence-electron chi connectivity index (χ3n) is 6.09. The Labute approximate surface area is 209 Å². The number of thiophene rings is 1. The van der Waals surface area contributed by atoms with E-state index in [4.69, 9.17) is 14.7 Å². The summed E-state index contributed by atoms with van der Waals surface area (Å²) in [6.45, 7) is 6.18. The number of carbonyl (C=O) groups excluding carboxylic acids is 1. The third kappa shape index (κ3) is 5.67. The van der Waals surface area contributed by atoms with E-state index in [9.17, 15) is 4.79 Å². The summed E-state index contributed by atoms with van der Waals surface area (Å²) in [4.78, 5) is 25.9. The molecule has 0 spiro atoms. The summed E-state index contributed by atoms with van der Waals surface area (Å²) in [5.74, 6) is 1.37. The maximum absolute atomic E-state index is 12.9. The molecule has 8 heteroatoms. The second-order valence-corrected chi connectivity index (χ2v) is 9.50. The Morgan fingerprint density at radius 3 is 2.51 bits per heavy atom. The number of anilines is 1. The van der Waals surface area contributed by atoms with Gasteiger partial charge in [0, 0.05) is 30.6 Å². The van der Waals surface area contributed by atoms with Gasteiger partial charge in [-0.25, -0.2) is 9.97 Å². The van der Waals surface area contributed by atoms with Crippen LogP contribution in [0.25, 0.3) is 21.3 Å². The largest absolute Gasteiger partial charge is 0.379 e. The predicted octanol–water partition coefficient (Wildman–Crippen LogP) is 4.31. The molecule has 1 fully saturated rings. The summed E-state index contributed by atoms with van der Waals surface area (Å²) in [6.07, 6.45) is 0. The van der Waals surface area contributed by atoms with Crippen LogP contribution >= 0.6 is 11.3 Å². The van der Waals surface area contributed by atoms with Crippen molar-refractivity contribution in [3.05, 3.63) is 77.4 Å². The number of carbonyl (C=O) groups is 1. The van der Waals surface area contributed by atoms with Crippen molar-refractivity contribution in [2.75, 3.05) is 31.6 Å². The Hall–Kier alpha value is -3.33. The lowest BCUT2D eigenvalue weighted by molar-refractivity contribution is -0.121. The number of nitrogens with zero attached hydrogens (tertiary/aromatic N) is 3. The Morgan fingerprint density at radius 1 is 1.06 bits per heavy atom. The molecule has 1 atom stereocenters. The van der Waals surface area contributed by atoms with Crippen molar-refractivity contribution in [2.45, 2.75) is 26.1 Å². The number of benzene rings is 2. The number of hydrogen-bond acceptors (Lipinski definition) is 7. The van der Waals surface area contributed by atoms with E-state index in [2.05, 4.69) is 33.0 Å². The van der Waals surface area contributed by atoms with E-state index < -0.39 is 6.04 Å². The Bertz CT molecular complexity index is 1270. The molecule has 0 bridgehead atoms. The Balaban J connectivity index is 1.42. The van der Waals surface area contributed by atoms with E-state index in [0.717, 1.165) is 59.0 Å². The van der Waals surface area contributed by atoms with Gasteiger partial charge in [0.25, 0.3) is 0 Å². The zero-order valence-corrected chi connectivity index (χ0v) is 20.6. The van der Waals surface area contributed by atoms with Gasteiger partial charge < -0.3 is 15.4 Å². The lowest BCUT2D eigenvalue weighted by Gasteiger charge is -2.26.